The lowest BCUT2D eigenvalue weighted by atomic mass is 9.79. The van der Waals surface area contributed by atoms with E-state index in [9.17, 15) is 0 Å². The van der Waals surface area contributed by atoms with Gasteiger partial charge in [0.25, 0.3) is 0 Å². The third-order valence-corrected chi connectivity index (χ3v) is 7.31. The number of anilines is 3. The van der Waals surface area contributed by atoms with Gasteiger partial charge in [0.05, 0.1) is 22.3 Å². The van der Waals surface area contributed by atoms with Crippen molar-refractivity contribution in [2.24, 2.45) is 0 Å². The lowest BCUT2D eigenvalue weighted by molar-refractivity contribution is 0.00578. The minimum atomic E-state index is -0.388. The summed E-state index contributed by atoms with van der Waals surface area (Å²) in [4.78, 5) is 2.28. The van der Waals surface area contributed by atoms with E-state index >= 15 is 0 Å². The van der Waals surface area contributed by atoms with E-state index in [1.54, 1.807) is 0 Å². The van der Waals surface area contributed by atoms with Gasteiger partial charge in [0, 0.05) is 16.8 Å². The maximum absolute atomic E-state index is 6.27. The fraction of sp³-hybridized carbons (Fsp3) is 0.200. The fourth-order valence-corrected chi connectivity index (χ4v) is 4.71. The quantitative estimate of drug-likeness (QED) is 0.262. The van der Waals surface area contributed by atoms with Gasteiger partial charge in [-0.15, -0.1) is 0 Å². The zero-order chi connectivity index (χ0) is 24.2. The SMILES string of the molecule is CC1(C)OB(c2ccc(N(c3ccccc3)c3cccc4oc5ccccc5c34)cc2)OC1(C)C. The van der Waals surface area contributed by atoms with Crippen LogP contribution in [0.25, 0.3) is 21.9 Å². The lowest BCUT2D eigenvalue weighted by Gasteiger charge is -2.32. The number of para-hydroxylation sites is 2. The van der Waals surface area contributed by atoms with Crippen molar-refractivity contribution in [3.8, 4) is 0 Å². The molecule has 1 fully saturated rings. The molecular weight excluding hydrogens is 433 g/mol. The van der Waals surface area contributed by atoms with Crippen LogP contribution < -0.4 is 10.4 Å². The van der Waals surface area contributed by atoms with Crippen LogP contribution in [0.3, 0.4) is 0 Å². The van der Waals surface area contributed by atoms with Crippen LogP contribution in [0.2, 0.25) is 0 Å². The molecule has 0 radical (unpaired) electrons. The number of furan rings is 1. The molecule has 0 spiro atoms. The molecule has 4 aromatic carbocycles. The molecule has 0 saturated carbocycles. The van der Waals surface area contributed by atoms with Gasteiger partial charge in [-0.1, -0.05) is 54.6 Å². The molecule has 0 aliphatic carbocycles. The minimum Gasteiger partial charge on any atom is -0.456 e. The Bertz CT molecular complexity index is 1490. The fourth-order valence-electron chi connectivity index (χ4n) is 4.71. The van der Waals surface area contributed by atoms with E-state index in [0.717, 1.165) is 44.5 Å². The van der Waals surface area contributed by atoms with Crippen molar-refractivity contribution >= 4 is 51.6 Å². The van der Waals surface area contributed by atoms with E-state index in [0.29, 0.717) is 0 Å². The second-order valence-corrected chi connectivity index (χ2v) is 10.1. The summed E-state index contributed by atoms with van der Waals surface area (Å²) in [5, 5.41) is 2.20. The van der Waals surface area contributed by atoms with Crippen LogP contribution in [0.5, 0.6) is 0 Å². The molecule has 4 nitrogen and oxygen atoms in total. The number of hydrogen-bond acceptors (Lipinski definition) is 4. The molecule has 1 aromatic heterocycles. The first-order valence-corrected chi connectivity index (χ1v) is 12.1. The van der Waals surface area contributed by atoms with Crippen LogP contribution in [0.15, 0.2) is 101 Å². The molecule has 0 amide bonds. The standard InChI is InChI=1S/C30H28BNO3/c1-29(2)30(3,4)35-31(34-29)21-17-19-23(20-18-21)32(22-11-6-5-7-12-22)25-14-10-16-27-28(25)24-13-8-9-15-26(24)33-27/h5-20H,1-4H3. The van der Waals surface area contributed by atoms with Crippen LogP contribution in [0.1, 0.15) is 27.7 Å². The molecule has 5 aromatic rings. The topological polar surface area (TPSA) is 34.8 Å². The van der Waals surface area contributed by atoms with Crippen LogP contribution in [-0.2, 0) is 9.31 Å². The number of rotatable bonds is 4. The van der Waals surface area contributed by atoms with Crippen LogP contribution in [-0.4, -0.2) is 18.3 Å². The van der Waals surface area contributed by atoms with Crippen LogP contribution >= 0.6 is 0 Å². The van der Waals surface area contributed by atoms with E-state index in [1.807, 2.05) is 24.3 Å². The Hall–Kier alpha value is -3.54. The summed E-state index contributed by atoms with van der Waals surface area (Å²) in [6.45, 7) is 8.31. The normalized spacial score (nSPS) is 16.7. The van der Waals surface area contributed by atoms with Gasteiger partial charge in [0.1, 0.15) is 11.2 Å². The summed E-state index contributed by atoms with van der Waals surface area (Å²) < 4.78 is 18.7. The third-order valence-electron chi connectivity index (χ3n) is 7.31. The molecule has 6 rings (SSSR count). The van der Waals surface area contributed by atoms with E-state index in [1.165, 1.54) is 0 Å². The van der Waals surface area contributed by atoms with Crippen molar-refractivity contribution < 1.29 is 13.7 Å². The Morgan fingerprint density at radius 2 is 1.20 bits per heavy atom. The molecule has 2 heterocycles. The monoisotopic (exact) mass is 461 g/mol. The second kappa shape index (κ2) is 8.01. The molecule has 1 saturated heterocycles. The summed E-state index contributed by atoms with van der Waals surface area (Å²) >= 11 is 0. The van der Waals surface area contributed by atoms with Crippen molar-refractivity contribution in [3.05, 3.63) is 97.1 Å². The maximum Gasteiger partial charge on any atom is 0.494 e. The van der Waals surface area contributed by atoms with Crippen molar-refractivity contribution in [2.75, 3.05) is 4.90 Å². The highest BCUT2D eigenvalue weighted by Crippen LogP contribution is 2.42. The van der Waals surface area contributed by atoms with Gasteiger partial charge in [0.15, 0.2) is 0 Å². The summed E-state index contributed by atoms with van der Waals surface area (Å²) in [6, 6.07) is 33.3. The number of nitrogens with zero attached hydrogens (tertiary/aromatic N) is 1. The second-order valence-electron chi connectivity index (χ2n) is 10.1. The lowest BCUT2D eigenvalue weighted by Crippen LogP contribution is -2.41. The van der Waals surface area contributed by atoms with E-state index in [-0.39, 0.29) is 18.3 Å². The Morgan fingerprint density at radius 1 is 0.600 bits per heavy atom. The number of hydrogen-bond donors (Lipinski definition) is 0. The largest absolute Gasteiger partial charge is 0.494 e. The minimum absolute atomic E-state index is 0.371. The first-order valence-electron chi connectivity index (χ1n) is 12.1. The predicted octanol–water partition coefficient (Wildman–Crippen LogP) is 7.36. The Balaban J connectivity index is 1.47. The van der Waals surface area contributed by atoms with Gasteiger partial charge < -0.3 is 18.6 Å². The first-order chi connectivity index (χ1) is 16.8. The van der Waals surface area contributed by atoms with E-state index in [2.05, 4.69) is 105 Å². The molecule has 0 N–H and O–H groups in total. The van der Waals surface area contributed by atoms with E-state index < -0.39 is 0 Å². The Kier molecular flexibility index (Phi) is 5.03. The van der Waals surface area contributed by atoms with Crippen molar-refractivity contribution in [3.63, 3.8) is 0 Å². The summed E-state index contributed by atoms with van der Waals surface area (Å²) in [7, 11) is -0.388. The molecular formula is C30H28BNO3. The average molecular weight is 461 g/mol. The molecule has 174 valence electrons. The summed E-state index contributed by atoms with van der Waals surface area (Å²) in [5.74, 6) is 0. The molecule has 1 aliphatic heterocycles. The molecule has 5 heteroatoms. The van der Waals surface area contributed by atoms with Gasteiger partial charge in [-0.2, -0.15) is 0 Å². The van der Waals surface area contributed by atoms with E-state index in [4.69, 9.17) is 13.7 Å². The highest BCUT2D eigenvalue weighted by Gasteiger charge is 2.51. The van der Waals surface area contributed by atoms with Crippen molar-refractivity contribution in [1.29, 1.82) is 0 Å². The molecule has 0 unspecified atom stereocenters. The zero-order valence-electron chi connectivity index (χ0n) is 20.5. The summed E-state index contributed by atoms with van der Waals surface area (Å²) in [5.41, 5.74) is 5.23. The van der Waals surface area contributed by atoms with Crippen LogP contribution in [0, 0.1) is 0 Å². The van der Waals surface area contributed by atoms with Crippen molar-refractivity contribution in [1.82, 2.24) is 0 Å². The van der Waals surface area contributed by atoms with Gasteiger partial charge >= 0.3 is 7.12 Å². The summed E-state index contributed by atoms with van der Waals surface area (Å²) in [6.07, 6.45) is 0. The van der Waals surface area contributed by atoms with Gasteiger partial charge in [-0.05, 0) is 75.6 Å². The number of fused-ring (bicyclic) bond motifs is 3. The molecule has 0 bridgehead atoms. The van der Waals surface area contributed by atoms with Gasteiger partial charge in [-0.3, -0.25) is 0 Å². The van der Waals surface area contributed by atoms with Gasteiger partial charge in [-0.25, -0.2) is 0 Å². The van der Waals surface area contributed by atoms with Crippen molar-refractivity contribution in [2.45, 2.75) is 38.9 Å². The first kappa shape index (κ1) is 22.0. The highest BCUT2D eigenvalue weighted by atomic mass is 16.7. The maximum atomic E-state index is 6.27. The predicted molar refractivity (Wildman–Crippen MR) is 144 cm³/mol. The van der Waals surface area contributed by atoms with Crippen LogP contribution in [0.4, 0.5) is 17.1 Å². The average Bonchev–Trinajstić information content (AvgIpc) is 3.34. The number of benzene rings is 4. The Morgan fingerprint density at radius 3 is 1.91 bits per heavy atom. The molecule has 0 atom stereocenters. The van der Waals surface area contributed by atoms with Gasteiger partial charge in [0.2, 0.25) is 0 Å². The molecule has 1 aliphatic rings. The molecule has 35 heavy (non-hydrogen) atoms. The Labute approximate surface area is 206 Å². The third kappa shape index (κ3) is 3.63. The highest BCUT2D eigenvalue weighted by molar-refractivity contribution is 6.62. The smallest absolute Gasteiger partial charge is 0.456 e. The zero-order valence-corrected chi connectivity index (χ0v) is 20.5.